The number of carbonyl (C=O) groups is 2. The quantitative estimate of drug-likeness (QED) is 0.802. The average molecular weight is 259 g/mol. The highest BCUT2D eigenvalue weighted by molar-refractivity contribution is 5.91. The second kappa shape index (κ2) is 4.57. The lowest BCUT2D eigenvalue weighted by Gasteiger charge is -2.23. The first-order chi connectivity index (χ1) is 9.13. The number of carbonyl (C=O) groups excluding carboxylic acids is 2. The van der Waals surface area contributed by atoms with Crippen molar-refractivity contribution >= 4 is 17.6 Å². The minimum Gasteiger partial charge on any atom is -0.351 e. The molecule has 2 fully saturated rings. The van der Waals surface area contributed by atoms with E-state index in [4.69, 9.17) is 0 Å². The van der Waals surface area contributed by atoms with Crippen molar-refractivity contribution in [3.05, 3.63) is 29.8 Å². The van der Waals surface area contributed by atoms with Crippen LogP contribution in [0.25, 0.3) is 0 Å². The van der Waals surface area contributed by atoms with Crippen molar-refractivity contribution < 1.29 is 9.59 Å². The van der Waals surface area contributed by atoms with Crippen LogP contribution in [0.15, 0.2) is 24.3 Å². The summed E-state index contributed by atoms with van der Waals surface area (Å²) in [5, 5.41) is 5.81. The monoisotopic (exact) mass is 259 g/mol. The number of rotatable bonds is 1. The largest absolute Gasteiger partial charge is 0.351 e. The number of hydrogen-bond acceptors (Lipinski definition) is 2. The van der Waals surface area contributed by atoms with Crippen LogP contribution < -0.4 is 10.6 Å². The maximum absolute atomic E-state index is 12.3. The van der Waals surface area contributed by atoms with Crippen LogP contribution in [-0.4, -0.2) is 35.5 Å². The second-order valence-corrected chi connectivity index (χ2v) is 5.23. The van der Waals surface area contributed by atoms with Crippen molar-refractivity contribution in [3.8, 4) is 0 Å². The van der Waals surface area contributed by atoms with Gasteiger partial charge in [-0.1, -0.05) is 12.1 Å². The van der Waals surface area contributed by atoms with Gasteiger partial charge in [-0.15, -0.1) is 0 Å². The van der Waals surface area contributed by atoms with Gasteiger partial charge >= 0.3 is 6.03 Å². The van der Waals surface area contributed by atoms with Gasteiger partial charge in [0.15, 0.2) is 0 Å². The summed E-state index contributed by atoms with van der Waals surface area (Å²) in [6, 6.07) is 7.74. The van der Waals surface area contributed by atoms with Crippen molar-refractivity contribution in [2.75, 3.05) is 11.9 Å². The number of amides is 3. The van der Waals surface area contributed by atoms with Gasteiger partial charge in [0.1, 0.15) is 0 Å². The molecule has 1 aromatic carbocycles. The Morgan fingerprint density at radius 2 is 2.32 bits per heavy atom. The van der Waals surface area contributed by atoms with E-state index in [0.29, 0.717) is 13.0 Å². The first-order valence-electron chi connectivity index (χ1n) is 6.57. The first kappa shape index (κ1) is 12.0. The number of anilines is 1. The summed E-state index contributed by atoms with van der Waals surface area (Å²) < 4.78 is 0. The number of likely N-dealkylation sites (tertiary alicyclic amines) is 1. The molecular formula is C14H17N3O2. The van der Waals surface area contributed by atoms with E-state index in [-0.39, 0.29) is 24.0 Å². The van der Waals surface area contributed by atoms with Gasteiger partial charge in [-0.2, -0.15) is 0 Å². The topological polar surface area (TPSA) is 61.4 Å². The molecule has 0 saturated carbocycles. The van der Waals surface area contributed by atoms with Crippen LogP contribution in [0.2, 0.25) is 0 Å². The first-order valence-corrected chi connectivity index (χ1v) is 6.57. The molecule has 2 aliphatic heterocycles. The highest BCUT2D eigenvalue weighted by atomic mass is 16.2. The minimum atomic E-state index is -0.116. The summed E-state index contributed by atoms with van der Waals surface area (Å²) in [4.78, 5) is 25.4. The summed E-state index contributed by atoms with van der Waals surface area (Å²) >= 11 is 0. The Labute approximate surface area is 112 Å². The molecule has 0 radical (unpaired) electrons. The maximum Gasteiger partial charge on any atom is 0.322 e. The lowest BCUT2D eigenvalue weighted by Crippen LogP contribution is -2.41. The van der Waals surface area contributed by atoms with Gasteiger partial charge in [-0.05, 0) is 31.0 Å². The van der Waals surface area contributed by atoms with Gasteiger partial charge in [-0.3, -0.25) is 4.79 Å². The molecule has 1 aromatic rings. The zero-order valence-electron chi connectivity index (χ0n) is 10.8. The molecule has 0 aromatic heterocycles. The number of aryl methyl sites for hydroxylation is 1. The molecule has 5 heteroatoms. The van der Waals surface area contributed by atoms with E-state index in [0.717, 1.165) is 17.7 Å². The fourth-order valence-electron chi connectivity index (χ4n) is 2.90. The summed E-state index contributed by atoms with van der Waals surface area (Å²) in [5.41, 5.74) is 1.90. The summed E-state index contributed by atoms with van der Waals surface area (Å²) in [7, 11) is 0. The molecule has 2 aliphatic rings. The van der Waals surface area contributed by atoms with E-state index in [2.05, 4.69) is 10.6 Å². The highest BCUT2D eigenvalue weighted by Gasteiger charge is 2.43. The van der Waals surface area contributed by atoms with Crippen molar-refractivity contribution in [1.82, 2.24) is 10.2 Å². The molecule has 3 amide bonds. The zero-order chi connectivity index (χ0) is 13.4. The predicted octanol–water partition coefficient (Wildman–Crippen LogP) is 1.49. The molecule has 0 spiro atoms. The molecular weight excluding hydrogens is 242 g/mol. The lowest BCUT2D eigenvalue weighted by molar-refractivity contribution is -0.119. The fourth-order valence-corrected chi connectivity index (χ4v) is 2.90. The third kappa shape index (κ3) is 2.28. The van der Waals surface area contributed by atoms with Gasteiger partial charge in [-0.25, -0.2) is 4.79 Å². The SMILES string of the molecule is Cc1cccc(NC(=O)N2CC[C@@H]3NC(=O)C[C@H]32)c1. The third-order valence-corrected chi connectivity index (χ3v) is 3.82. The van der Waals surface area contributed by atoms with Crippen LogP contribution in [0, 0.1) is 6.92 Å². The molecule has 2 atom stereocenters. The van der Waals surface area contributed by atoms with Gasteiger partial charge in [0.25, 0.3) is 0 Å². The van der Waals surface area contributed by atoms with Crippen LogP contribution in [0.5, 0.6) is 0 Å². The maximum atomic E-state index is 12.3. The number of benzene rings is 1. The molecule has 5 nitrogen and oxygen atoms in total. The van der Waals surface area contributed by atoms with Crippen LogP contribution in [-0.2, 0) is 4.79 Å². The van der Waals surface area contributed by atoms with E-state index in [1.807, 2.05) is 31.2 Å². The molecule has 0 aliphatic carbocycles. The number of nitrogens with zero attached hydrogens (tertiary/aromatic N) is 1. The Kier molecular flexibility index (Phi) is 2.89. The van der Waals surface area contributed by atoms with Gasteiger partial charge in [0, 0.05) is 18.7 Å². The third-order valence-electron chi connectivity index (χ3n) is 3.82. The van der Waals surface area contributed by atoms with Crippen molar-refractivity contribution in [1.29, 1.82) is 0 Å². The molecule has 0 unspecified atom stereocenters. The van der Waals surface area contributed by atoms with E-state index >= 15 is 0 Å². The Balaban J connectivity index is 1.69. The summed E-state index contributed by atoms with van der Waals surface area (Å²) in [6.07, 6.45) is 1.27. The zero-order valence-corrected chi connectivity index (χ0v) is 10.8. The number of hydrogen-bond donors (Lipinski definition) is 2. The smallest absolute Gasteiger partial charge is 0.322 e. The van der Waals surface area contributed by atoms with Crippen molar-refractivity contribution in [3.63, 3.8) is 0 Å². The standard InChI is InChI=1S/C14H17N3O2/c1-9-3-2-4-10(7-9)15-14(19)17-6-5-11-12(17)8-13(18)16-11/h2-4,7,11-12H,5-6,8H2,1H3,(H,15,19)(H,16,18)/t11-,12+/m0/s1. The average Bonchev–Trinajstić information content (AvgIpc) is 2.87. The van der Waals surface area contributed by atoms with Crippen LogP contribution in [0.1, 0.15) is 18.4 Å². The number of urea groups is 1. The molecule has 3 rings (SSSR count). The number of nitrogens with one attached hydrogen (secondary N) is 2. The van der Waals surface area contributed by atoms with Gasteiger partial charge < -0.3 is 15.5 Å². The fraction of sp³-hybridized carbons (Fsp3) is 0.429. The molecule has 0 bridgehead atoms. The van der Waals surface area contributed by atoms with E-state index in [1.54, 1.807) is 4.90 Å². The van der Waals surface area contributed by atoms with Gasteiger partial charge in [0.05, 0.1) is 12.1 Å². The van der Waals surface area contributed by atoms with Gasteiger partial charge in [0.2, 0.25) is 5.91 Å². The number of fused-ring (bicyclic) bond motifs is 1. The molecule has 19 heavy (non-hydrogen) atoms. The van der Waals surface area contributed by atoms with Crippen LogP contribution in [0.4, 0.5) is 10.5 Å². The van der Waals surface area contributed by atoms with Crippen LogP contribution >= 0.6 is 0 Å². The normalized spacial score (nSPS) is 25.1. The van der Waals surface area contributed by atoms with Crippen molar-refractivity contribution in [2.24, 2.45) is 0 Å². The van der Waals surface area contributed by atoms with E-state index < -0.39 is 0 Å². The Bertz CT molecular complexity index is 529. The molecule has 2 N–H and O–H groups in total. The molecule has 100 valence electrons. The summed E-state index contributed by atoms with van der Waals surface area (Å²) in [5.74, 6) is 0.0445. The lowest BCUT2D eigenvalue weighted by atomic mass is 10.1. The van der Waals surface area contributed by atoms with E-state index in [9.17, 15) is 9.59 Å². The molecule has 2 saturated heterocycles. The Morgan fingerprint density at radius 1 is 1.47 bits per heavy atom. The Morgan fingerprint density at radius 3 is 3.11 bits per heavy atom. The second-order valence-electron chi connectivity index (χ2n) is 5.23. The molecule has 2 heterocycles. The summed E-state index contributed by atoms with van der Waals surface area (Å²) in [6.45, 7) is 2.69. The predicted molar refractivity (Wildman–Crippen MR) is 71.9 cm³/mol. The van der Waals surface area contributed by atoms with Crippen LogP contribution in [0.3, 0.4) is 0 Å². The highest BCUT2D eigenvalue weighted by Crippen LogP contribution is 2.26. The van der Waals surface area contributed by atoms with Crippen molar-refractivity contribution in [2.45, 2.75) is 31.8 Å². The Hall–Kier alpha value is -2.04. The van der Waals surface area contributed by atoms with E-state index in [1.165, 1.54) is 0 Å². The minimum absolute atomic E-state index is 0.0114.